The van der Waals surface area contributed by atoms with E-state index in [2.05, 4.69) is 36.3 Å². The summed E-state index contributed by atoms with van der Waals surface area (Å²) in [7, 11) is 0. The molecule has 0 bridgehead atoms. The Morgan fingerprint density at radius 2 is 2.05 bits per heavy atom. The molecule has 2 N–H and O–H groups in total. The molecule has 0 aliphatic heterocycles. The number of hydrogen-bond acceptors (Lipinski definition) is 4. The van der Waals surface area contributed by atoms with E-state index >= 15 is 0 Å². The van der Waals surface area contributed by atoms with Gasteiger partial charge in [-0.1, -0.05) is 43.7 Å². The molecule has 0 saturated heterocycles. The topological polar surface area (TPSA) is 45.1 Å². The summed E-state index contributed by atoms with van der Waals surface area (Å²) < 4.78 is 0. The van der Waals surface area contributed by atoms with Crippen LogP contribution in [0.3, 0.4) is 0 Å². The smallest absolute Gasteiger partial charge is 0.107 e. The van der Waals surface area contributed by atoms with Crippen LogP contribution in [0.15, 0.2) is 36.5 Å². The number of nitrogens with one attached hydrogen (secondary N) is 1. The van der Waals surface area contributed by atoms with E-state index in [1.165, 1.54) is 10.4 Å². The van der Waals surface area contributed by atoms with Crippen molar-refractivity contribution < 1.29 is 5.11 Å². The highest BCUT2D eigenvalue weighted by Gasteiger charge is 2.21. The summed E-state index contributed by atoms with van der Waals surface area (Å²) in [6.07, 6.45) is 3.94. The predicted octanol–water partition coefficient (Wildman–Crippen LogP) is 3.45. The van der Waals surface area contributed by atoms with Crippen molar-refractivity contribution in [2.24, 2.45) is 0 Å². The zero-order valence-electron chi connectivity index (χ0n) is 12.1. The van der Waals surface area contributed by atoms with Crippen molar-refractivity contribution in [2.45, 2.75) is 38.8 Å². The van der Waals surface area contributed by atoms with Gasteiger partial charge in [0.15, 0.2) is 0 Å². The van der Waals surface area contributed by atoms with Gasteiger partial charge in [0.2, 0.25) is 0 Å². The summed E-state index contributed by atoms with van der Waals surface area (Å²) in [5.74, 6) is 0. The van der Waals surface area contributed by atoms with Gasteiger partial charge in [-0.3, -0.25) is 0 Å². The molecule has 20 heavy (non-hydrogen) atoms. The molecule has 0 fully saturated rings. The lowest BCUT2D eigenvalue weighted by atomic mass is 9.97. The average Bonchev–Trinajstić information content (AvgIpc) is 2.95. The van der Waals surface area contributed by atoms with Crippen molar-refractivity contribution in [3.8, 4) is 10.4 Å². The predicted molar refractivity (Wildman–Crippen MR) is 84.8 cm³/mol. The third kappa shape index (κ3) is 3.88. The lowest BCUT2D eigenvalue weighted by Gasteiger charge is -2.28. The molecule has 3 nitrogen and oxygen atoms in total. The van der Waals surface area contributed by atoms with Crippen molar-refractivity contribution >= 4 is 11.3 Å². The minimum Gasteiger partial charge on any atom is -0.394 e. The summed E-state index contributed by atoms with van der Waals surface area (Å²) >= 11 is 1.70. The Balaban J connectivity index is 2.00. The quantitative estimate of drug-likeness (QED) is 0.821. The van der Waals surface area contributed by atoms with Gasteiger partial charge >= 0.3 is 0 Å². The molecule has 4 heteroatoms. The van der Waals surface area contributed by atoms with E-state index in [1.54, 1.807) is 11.3 Å². The molecular formula is C16H22N2OS. The van der Waals surface area contributed by atoms with E-state index in [1.807, 2.05) is 24.4 Å². The van der Waals surface area contributed by atoms with Gasteiger partial charge in [-0.25, -0.2) is 4.98 Å². The lowest BCUT2D eigenvalue weighted by molar-refractivity contribution is 0.163. The van der Waals surface area contributed by atoms with E-state index in [4.69, 9.17) is 0 Å². The fourth-order valence-electron chi connectivity index (χ4n) is 2.19. The second-order valence-corrected chi connectivity index (χ2v) is 6.42. The van der Waals surface area contributed by atoms with E-state index in [-0.39, 0.29) is 12.1 Å². The first-order valence-electron chi connectivity index (χ1n) is 7.03. The highest BCUT2D eigenvalue weighted by Crippen LogP contribution is 2.26. The Kier molecular flexibility index (Phi) is 5.29. The van der Waals surface area contributed by atoms with Crippen molar-refractivity contribution in [1.82, 2.24) is 10.3 Å². The second-order valence-electron chi connectivity index (χ2n) is 5.31. The molecule has 1 aromatic heterocycles. The maximum atomic E-state index is 9.50. The lowest BCUT2D eigenvalue weighted by Crippen LogP contribution is -2.45. The van der Waals surface area contributed by atoms with Crippen LogP contribution in [0.2, 0.25) is 0 Å². The second kappa shape index (κ2) is 6.97. The maximum absolute atomic E-state index is 9.50. The van der Waals surface area contributed by atoms with Crippen LogP contribution in [0.4, 0.5) is 0 Å². The highest BCUT2D eigenvalue weighted by molar-refractivity contribution is 7.15. The Morgan fingerprint density at radius 1 is 1.30 bits per heavy atom. The van der Waals surface area contributed by atoms with Crippen LogP contribution in [0.25, 0.3) is 10.4 Å². The molecule has 0 radical (unpaired) electrons. The van der Waals surface area contributed by atoms with E-state index < -0.39 is 0 Å². The normalized spacial score (nSPS) is 14.2. The van der Waals surface area contributed by atoms with Gasteiger partial charge < -0.3 is 10.4 Å². The first-order chi connectivity index (χ1) is 9.67. The van der Waals surface area contributed by atoms with E-state index in [0.29, 0.717) is 6.54 Å². The van der Waals surface area contributed by atoms with Crippen molar-refractivity contribution in [3.05, 3.63) is 41.5 Å². The van der Waals surface area contributed by atoms with Gasteiger partial charge in [-0.05, 0) is 18.9 Å². The standard InChI is InChI=1S/C16H22N2OS/c1-3-9-16(2,12-19)18-11-15-17-10-14(20-15)13-7-5-4-6-8-13/h4-8,10,18-19H,3,9,11-12H2,1-2H3. The summed E-state index contributed by atoms with van der Waals surface area (Å²) in [4.78, 5) is 5.65. The van der Waals surface area contributed by atoms with Gasteiger partial charge in [-0.2, -0.15) is 0 Å². The molecule has 1 atom stereocenters. The van der Waals surface area contributed by atoms with Crippen LogP contribution < -0.4 is 5.32 Å². The molecule has 0 saturated carbocycles. The molecule has 2 rings (SSSR count). The minimum absolute atomic E-state index is 0.151. The molecule has 0 spiro atoms. The molecule has 0 aliphatic rings. The number of aliphatic hydroxyl groups is 1. The summed E-state index contributed by atoms with van der Waals surface area (Å²) in [6, 6.07) is 10.3. The fraction of sp³-hybridized carbons (Fsp3) is 0.438. The van der Waals surface area contributed by atoms with Crippen LogP contribution in [-0.2, 0) is 6.54 Å². The SMILES string of the molecule is CCCC(C)(CO)NCc1ncc(-c2ccccc2)s1. The van der Waals surface area contributed by atoms with Gasteiger partial charge in [-0.15, -0.1) is 11.3 Å². The van der Waals surface area contributed by atoms with E-state index in [9.17, 15) is 5.11 Å². The van der Waals surface area contributed by atoms with Crippen LogP contribution in [0, 0.1) is 0 Å². The van der Waals surface area contributed by atoms with Crippen molar-refractivity contribution in [1.29, 1.82) is 0 Å². The first kappa shape index (κ1) is 15.2. The number of hydrogen-bond donors (Lipinski definition) is 2. The summed E-state index contributed by atoms with van der Waals surface area (Å²) in [6.45, 7) is 5.04. The molecule has 0 amide bonds. The monoisotopic (exact) mass is 290 g/mol. The molecule has 1 unspecified atom stereocenters. The Hall–Kier alpha value is -1.23. The zero-order valence-corrected chi connectivity index (χ0v) is 12.9. The van der Waals surface area contributed by atoms with Crippen LogP contribution in [0.1, 0.15) is 31.7 Å². The number of thiazole rings is 1. The first-order valence-corrected chi connectivity index (χ1v) is 7.84. The molecule has 2 aromatic rings. The summed E-state index contributed by atoms with van der Waals surface area (Å²) in [5.41, 5.74) is 0.989. The fourth-order valence-corrected chi connectivity index (χ4v) is 3.05. The number of benzene rings is 1. The Morgan fingerprint density at radius 3 is 2.70 bits per heavy atom. The molecule has 1 aromatic carbocycles. The number of nitrogens with zero attached hydrogens (tertiary/aromatic N) is 1. The number of rotatable bonds is 7. The third-order valence-electron chi connectivity index (χ3n) is 3.43. The molecule has 0 aliphatic carbocycles. The Bertz CT molecular complexity index is 526. The maximum Gasteiger partial charge on any atom is 0.107 e. The zero-order chi connectivity index (χ0) is 14.4. The van der Waals surface area contributed by atoms with Gasteiger partial charge in [0.05, 0.1) is 11.5 Å². The van der Waals surface area contributed by atoms with Crippen molar-refractivity contribution in [2.75, 3.05) is 6.61 Å². The Labute approximate surface area is 124 Å². The largest absolute Gasteiger partial charge is 0.394 e. The van der Waals surface area contributed by atoms with E-state index in [0.717, 1.165) is 17.8 Å². The van der Waals surface area contributed by atoms with Gasteiger partial charge in [0.1, 0.15) is 5.01 Å². The minimum atomic E-state index is -0.215. The van der Waals surface area contributed by atoms with Crippen LogP contribution in [0.5, 0.6) is 0 Å². The third-order valence-corrected chi connectivity index (χ3v) is 4.48. The molecule has 108 valence electrons. The molecule has 1 heterocycles. The van der Waals surface area contributed by atoms with Gasteiger partial charge in [0.25, 0.3) is 0 Å². The van der Waals surface area contributed by atoms with Crippen LogP contribution in [-0.4, -0.2) is 22.2 Å². The van der Waals surface area contributed by atoms with Crippen LogP contribution >= 0.6 is 11.3 Å². The van der Waals surface area contributed by atoms with Gasteiger partial charge in [0, 0.05) is 18.3 Å². The van der Waals surface area contributed by atoms with Crippen molar-refractivity contribution in [3.63, 3.8) is 0 Å². The number of aromatic nitrogens is 1. The average molecular weight is 290 g/mol. The highest BCUT2D eigenvalue weighted by atomic mass is 32.1. The summed E-state index contributed by atoms with van der Waals surface area (Å²) in [5, 5.41) is 14.0. The number of aliphatic hydroxyl groups excluding tert-OH is 1. The molecular weight excluding hydrogens is 268 g/mol.